The maximum absolute atomic E-state index is 11.3. The maximum atomic E-state index is 11.3. The third-order valence-corrected chi connectivity index (χ3v) is 3.54. The molecule has 2 N–H and O–H groups in total. The molecule has 96 valence electrons. The van der Waals surface area contributed by atoms with Crippen molar-refractivity contribution in [2.75, 3.05) is 32.7 Å². The zero-order valence-corrected chi connectivity index (χ0v) is 11.0. The summed E-state index contributed by atoms with van der Waals surface area (Å²) < 4.78 is 0. The van der Waals surface area contributed by atoms with Crippen LogP contribution in [0.2, 0.25) is 0 Å². The Labute approximate surface area is 104 Å². The van der Waals surface area contributed by atoms with E-state index in [2.05, 4.69) is 10.2 Å². The molecule has 0 atom stereocenters. The molecule has 1 rings (SSSR count). The summed E-state index contributed by atoms with van der Waals surface area (Å²) in [5.41, 5.74) is -0.544. The number of hydrogen-bond donors (Lipinski definition) is 2. The number of rotatable bonds is 5. The standard InChI is InChI=1S/C11H22N2O2.ClH/c1-3-11(4-2,10(14)15)9-13-7-5-12-6-8-13;/h12H,3-9H2,1-2H3,(H,14,15);1H. The average molecular weight is 251 g/mol. The van der Waals surface area contributed by atoms with Gasteiger partial charge in [0.25, 0.3) is 0 Å². The van der Waals surface area contributed by atoms with Crippen molar-refractivity contribution in [3.63, 3.8) is 0 Å². The van der Waals surface area contributed by atoms with Gasteiger partial charge in [0.2, 0.25) is 0 Å². The molecule has 0 aromatic rings. The predicted octanol–water partition coefficient (Wildman–Crippen LogP) is 1.20. The van der Waals surface area contributed by atoms with E-state index in [1.165, 1.54) is 0 Å². The van der Waals surface area contributed by atoms with Gasteiger partial charge in [-0.2, -0.15) is 0 Å². The van der Waals surface area contributed by atoms with Crippen molar-refractivity contribution < 1.29 is 9.90 Å². The molecule has 0 aliphatic carbocycles. The number of nitrogens with zero attached hydrogens (tertiary/aromatic N) is 1. The lowest BCUT2D eigenvalue weighted by atomic mass is 9.81. The molecule has 0 aromatic carbocycles. The van der Waals surface area contributed by atoms with Crippen LogP contribution in [0, 0.1) is 5.41 Å². The molecule has 0 bridgehead atoms. The fraction of sp³-hybridized carbons (Fsp3) is 0.909. The van der Waals surface area contributed by atoms with E-state index in [-0.39, 0.29) is 12.4 Å². The molecule has 4 nitrogen and oxygen atoms in total. The van der Waals surface area contributed by atoms with Crippen LogP contribution in [0.15, 0.2) is 0 Å². The first-order valence-electron chi connectivity index (χ1n) is 5.81. The number of carboxylic acids is 1. The van der Waals surface area contributed by atoms with Gasteiger partial charge < -0.3 is 10.4 Å². The summed E-state index contributed by atoms with van der Waals surface area (Å²) in [6.45, 7) is 8.52. The molecule has 0 aromatic heterocycles. The second-order valence-corrected chi connectivity index (χ2v) is 4.32. The Morgan fingerprint density at radius 1 is 1.31 bits per heavy atom. The Hall–Kier alpha value is -0.320. The fourth-order valence-corrected chi connectivity index (χ4v) is 2.14. The Bertz CT molecular complexity index is 214. The second-order valence-electron chi connectivity index (χ2n) is 4.32. The highest BCUT2D eigenvalue weighted by molar-refractivity contribution is 5.85. The third kappa shape index (κ3) is 3.61. The van der Waals surface area contributed by atoms with E-state index in [4.69, 9.17) is 0 Å². The average Bonchev–Trinajstić information content (AvgIpc) is 2.27. The second kappa shape index (κ2) is 7.09. The predicted molar refractivity (Wildman–Crippen MR) is 67.2 cm³/mol. The van der Waals surface area contributed by atoms with Crippen molar-refractivity contribution in [1.82, 2.24) is 10.2 Å². The van der Waals surface area contributed by atoms with Crippen molar-refractivity contribution in [1.29, 1.82) is 0 Å². The number of halogens is 1. The van der Waals surface area contributed by atoms with E-state index in [1.54, 1.807) is 0 Å². The first kappa shape index (κ1) is 15.7. The Balaban J connectivity index is 0.00000225. The summed E-state index contributed by atoms with van der Waals surface area (Å²) in [5, 5.41) is 12.6. The molecule has 1 aliphatic rings. The molecule has 1 saturated heterocycles. The number of piperazine rings is 1. The van der Waals surface area contributed by atoms with Crippen molar-refractivity contribution in [3.05, 3.63) is 0 Å². The van der Waals surface area contributed by atoms with Gasteiger partial charge in [0, 0.05) is 32.7 Å². The van der Waals surface area contributed by atoms with E-state index in [0.717, 1.165) is 26.2 Å². The van der Waals surface area contributed by atoms with E-state index in [9.17, 15) is 9.90 Å². The normalized spacial score (nSPS) is 17.9. The van der Waals surface area contributed by atoms with Gasteiger partial charge in [-0.1, -0.05) is 13.8 Å². The number of aliphatic carboxylic acids is 1. The number of carboxylic acid groups (broad SMARTS) is 1. The highest BCUT2D eigenvalue weighted by atomic mass is 35.5. The summed E-state index contributed by atoms with van der Waals surface area (Å²) in [7, 11) is 0. The number of carbonyl (C=O) groups is 1. The van der Waals surface area contributed by atoms with Gasteiger partial charge in [-0.05, 0) is 12.8 Å². The van der Waals surface area contributed by atoms with E-state index in [1.807, 2.05) is 13.8 Å². The molecule has 0 radical (unpaired) electrons. The molecule has 0 saturated carbocycles. The van der Waals surface area contributed by atoms with Crippen LogP contribution in [-0.4, -0.2) is 48.7 Å². The van der Waals surface area contributed by atoms with Gasteiger partial charge >= 0.3 is 5.97 Å². The van der Waals surface area contributed by atoms with Crippen LogP contribution in [0.1, 0.15) is 26.7 Å². The van der Waals surface area contributed by atoms with Gasteiger partial charge in [0.05, 0.1) is 5.41 Å². The Morgan fingerprint density at radius 3 is 2.19 bits per heavy atom. The van der Waals surface area contributed by atoms with E-state index in [0.29, 0.717) is 19.4 Å². The summed E-state index contributed by atoms with van der Waals surface area (Å²) in [6, 6.07) is 0. The van der Waals surface area contributed by atoms with Crippen LogP contribution in [0.25, 0.3) is 0 Å². The van der Waals surface area contributed by atoms with E-state index >= 15 is 0 Å². The largest absolute Gasteiger partial charge is 0.481 e. The Kier molecular flexibility index (Phi) is 6.95. The molecule has 1 fully saturated rings. The molecular formula is C11H23ClN2O2. The number of hydrogen-bond acceptors (Lipinski definition) is 3. The molecule has 1 heterocycles. The number of nitrogens with one attached hydrogen (secondary N) is 1. The molecule has 5 heteroatoms. The quantitative estimate of drug-likeness (QED) is 0.770. The van der Waals surface area contributed by atoms with Crippen LogP contribution in [0.3, 0.4) is 0 Å². The minimum atomic E-state index is -0.647. The lowest BCUT2D eigenvalue weighted by molar-refractivity contribution is -0.151. The summed E-state index contributed by atoms with van der Waals surface area (Å²) in [4.78, 5) is 13.6. The maximum Gasteiger partial charge on any atom is 0.310 e. The SMILES string of the molecule is CCC(CC)(CN1CCNCC1)C(=O)O.Cl. The smallest absolute Gasteiger partial charge is 0.310 e. The van der Waals surface area contributed by atoms with Crippen LogP contribution in [-0.2, 0) is 4.79 Å². The molecule has 0 unspecified atom stereocenters. The molecule has 0 amide bonds. The van der Waals surface area contributed by atoms with Crippen molar-refractivity contribution in [3.8, 4) is 0 Å². The minimum Gasteiger partial charge on any atom is -0.481 e. The molecule has 0 spiro atoms. The third-order valence-electron chi connectivity index (χ3n) is 3.54. The van der Waals surface area contributed by atoms with Gasteiger partial charge in [-0.15, -0.1) is 12.4 Å². The highest BCUT2D eigenvalue weighted by Crippen LogP contribution is 2.28. The summed E-state index contributed by atoms with van der Waals surface area (Å²) >= 11 is 0. The first-order chi connectivity index (χ1) is 7.14. The highest BCUT2D eigenvalue weighted by Gasteiger charge is 2.36. The van der Waals surface area contributed by atoms with Gasteiger partial charge in [0.1, 0.15) is 0 Å². The lowest BCUT2D eigenvalue weighted by Crippen LogP contribution is -2.50. The first-order valence-corrected chi connectivity index (χ1v) is 5.81. The summed E-state index contributed by atoms with van der Waals surface area (Å²) in [5.74, 6) is -0.647. The fourth-order valence-electron chi connectivity index (χ4n) is 2.14. The van der Waals surface area contributed by atoms with E-state index < -0.39 is 11.4 Å². The van der Waals surface area contributed by atoms with Crippen LogP contribution >= 0.6 is 12.4 Å². The minimum absolute atomic E-state index is 0. The zero-order chi connectivity index (χ0) is 11.3. The zero-order valence-electron chi connectivity index (χ0n) is 10.2. The monoisotopic (exact) mass is 250 g/mol. The molecular weight excluding hydrogens is 228 g/mol. The molecule has 1 aliphatic heterocycles. The molecule has 16 heavy (non-hydrogen) atoms. The van der Waals surface area contributed by atoms with Crippen LogP contribution in [0.4, 0.5) is 0 Å². The van der Waals surface area contributed by atoms with Crippen LogP contribution in [0.5, 0.6) is 0 Å². The topological polar surface area (TPSA) is 52.6 Å². The van der Waals surface area contributed by atoms with Crippen molar-refractivity contribution in [2.24, 2.45) is 5.41 Å². The van der Waals surface area contributed by atoms with Crippen molar-refractivity contribution in [2.45, 2.75) is 26.7 Å². The summed E-state index contributed by atoms with van der Waals surface area (Å²) in [6.07, 6.45) is 1.42. The van der Waals surface area contributed by atoms with Gasteiger partial charge in [-0.25, -0.2) is 0 Å². The van der Waals surface area contributed by atoms with Gasteiger partial charge in [-0.3, -0.25) is 9.69 Å². The van der Waals surface area contributed by atoms with Crippen LogP contribution < -0.4 is 5.32 Å². The van der Waals surface area contributed by atoms with Gasteiger partial charge in [0.15, 0.2) is 0 Å². The Morgan fingerprint density at radius 2 is 1.81 bits per heavy atom. The van der Waals surface area contributed by atoms with Crippen molar-refractivity contribution >= 4 is 18.4 Å². The lowest BCUT2D eigenvalue weighted by Gasteiger charge is -2.36.